The van der Waals surface area contributed by atoms with E-state index in [2.05, 4.69) is 25.3 Å². The molecule has 1 atom stereocenters. The fraction of sp³-hybridized carbons (Fsp3) is 0.263. The van der Waals surface area contributed by atoms with E-state index in [9.17, 15) is 27.9 Å². The molecule has 1 unspecified atom stereocenters. The summed E-state index contributed by atoms with van der Waals surface area (Å²) in [5.41, 5.74) is 6.47. The van der Waals surface area contributed by atoms with Crippen molar-refractivity contribution < 1.29 is 27.7 Å². The average Bonchev–Trinajstić information content (AvgIpc) is 2.76. The van der Waals surface area contributed by atoms with Crippen LogP contribution in [-0.4, -0.2) is 68.7 Å². The predicted octanol–water partition coefficient (Wildman–Crippen LogP) is -0.607. The van der Waals surface area contributed by atoms with E-state index < -0.39 is 45.8 Å². The first-order valence-electron chi connectivity index (χ1n) is 9.74. The summed E-state index contributed by atoms with van der Waals surface area (Å²) in [6, 6.07) is 4.67. The van der Waals surface area contributed by atoms with Crippen LogP contribution in [0.25, 0.3) is 11.2 Å². The van der Waals surface area contributed by atoms with Gasteiger partial charge >= 0.3 is 5.97 Å². The number of aliphatic carboxylic acids is 1. The van der Waals surface area contributed by atoms with Gasteiger partial charge in [0.2, 0.25) is 5.95 Å². The molecule has 0 aliphatic carbocycles. The fourth-order valence-corrected chi connectivity index (χ4v) is 3.55. The molecule has 2 heterocycles. The standard InChI is InChI=1S/C19H21N7O7S/c1-26(9-11-8-21-15-14(22-11)17(28)25-19(20)24-15)12-4-2-10(3-5-12)16(27)23-13(18(29)30)6-7-34(31,32)33/h2-5,8,13H,6-7,9H2,1H3,(H,23,27)(H,29,30)(H,31,32,33)(H3,20,21,24,25,28). The van der Waals surface area contributed by atoms with Gasteiger partial charge in [0.15, 0.2) is 11.2 Å². The number of hydrogen-bond donors (Lipinski definition) is 5. The molecule has 2 aromatic heterocycles. The number of amides is 1. The quantitative estimate of drug-likeness (QED) is 0.237. The molecule has 0 radical (unpaired) electrons. The van der Waals surface area contributed by atoms with Gasteiger partial charge in [0.25, 0.3) is 21.6 Å². The molecule has 14 nitrogen and oxygen atoms in total. The fourth-order valence-electron chi connectivity index (χ4n) is 3.01. The number of nitrogens with zero attached hydrogens (tertiary/aromatic N) is 4. The van der Waals surface area contributed by atoms with Gasteiger partial charge in [-0.3, -0.25) is 19.1 Å². The topological polar surface area (TPSA) is 222 Å². The van der Waals surface area contributed by atoms with Gasteiger partial charge in [0.1, 0.15) is 6.04 Å². The molecule has 3 rings (SSSR count). The Morgan fingerprint density at radius 1 is 1.24 bits per heavy atom. The Labute approximate surface area is 192 Å². The second-order valence-corrected chi connectivity index (χ2v) is 8.90. The minimum atomic E-state index is -4.37. The molecule has 0 spiro atoms. The van der Waals surface area contributed by atoms with Crippen LogP contribution >= 0.6 is 0 Å². The van der Waals surface area contributed by atoms with Crippen molar-refractivity contribution >= 4 is 44.8 Å². The largest absolute Gasteiger partial charge is 0.480 e. The lowest BCUT2D eigenvalue weighted by atomic mass is 10.1. The van der Waals surface area contributed by atoms with Crippen LogP contribution in [0.5, 0.6) is 0 Å². The molecular weight excluding hydrogens is 470 g/mol. The summed E-state index contributed by atoms with van der Waals surface area (Å²) in [7, 11) is -2.62. The highest BCUT2D eigenvalue weighted by atomic mass is 32.2. The number of fused-ring (bicyclic) bond motifs is 1. The zero-order chi connectivity index (χ0) is 25.0. The van der Waals surface area contributed by atoms with E-state index in [0.717, 1.165) is 0 Å². The average molecular weight is 491 g/mol. The number of nitrogens with one attached hydrogen (secondary N) is 2. The first-order valence-corrected chi connectivity index (χ1v) is 11.4. The highest BCUT2D eigenvalue weighted by molar-refractivity contribution is 7.85. The maximum atomic E-state index is 12.4. The smallest absolute Gasteiger partial charge is 0.326 e. The molecular formula is C19H21N7O7S. The second-order valence-electron chi connectivity index (χ2n) is 7.33. The van der Waals surface area contributed by atoms with Crippen LogP contribution in [0, 0.1) is 0 Å². The summed E-state index contributed by atoms with van der Waals surface area (Å²) in [5, 5.41) is 11.4. The monoisotopic (exact) mass is 491 g/mol. The lowest BCUT2D eigenvalue weighted by molar-refractivity contribution is -0.139. The van der Waals surface area contributed by atoms with Crippen molar-refractivity contribution in [2.24, 2.45) is 0 Å². The number of carbonyl (C=O) groups is 2. The maximum Gasteiger partial charge on any atom is 0.326 e. The van der Waals surface area contributed by atoms with E-state index in [4.69, 9.17) is 10.3 Å². The number of aromatic amines is 1. The van der Waals surface area contributed by atoms with Crippen molar-refractivity contribution in [1.82, 2.24) is 25.3 Å². The molecule has 15 heteroatoms. The summed E-state index contributed by atoms with van der Waals surface area (Å²) in [5.74, 6) is -3.01. The van der Waals surface area contributed by atoms with Crippen LogP contribution in [0.2, 0.25) is 0 Å². The first-order chi connectivity index (χ1) is 15.9. The summed E-state index contributed by atoms with van der Waals surface area (Å²) in [6.07, 6.45) is 0.976. The molecule has 0 saturated carbocycles. The van der Waals surface area contributed by atoms with Gasteiger partial charge in [-0.05, 0) is 30.7 Å². The van der Waals surface area contributed by atoms with Crippen LogP contribution in [0.15, 0.2) is 35.3 Å². The van der Waals surface area contributed by atoms with Crippen LogP contribution in [0.1, 0.15) is 22.5 Å². The lowest BCUT2D eigenvalue weighted by Crippen LogP contribution is -2.41. The van der Waals surface area contributed by atoms with Crippen LogP contribution in [0.3, 0.4) is 0 Å². The number of carboxylic acids is 1. The van der Waals surface area contributed by atoms with E-state index in [1.807, 2.05) is 0 Å². The minimum absolute atomic E-state index is 0.0501. The van der Waals surface area contributed by atoms with Crippen molar-refractivity contribution in [1.29, 1.82) is 0 Å². The van der Waals surface area contributed by atoms with Crippen molar-refractivity contribution in [3.05, 3.63) is 52.1 Å². The third-order valence-corrected chi connectivity index (χ3v) is 5.48. The Hall–Kier alpha value is -4.11. The van der Waals surface area contributed by atoms with E-state index in [0.29, 0.717) is 11.4 Å². The van der Waals surface area contributed by atoms with Gasteiger partial charge in [-0.2, -0.15) is 13.4 Å². The van der Waals surface area contributed by atoms with Gasteiger partial charge in [-0.15, -0.1) is 0 Å². The molecule has 0 fully saturated rings. The minimum Gasteiger partial charge on any atom is -0.480 e. The molecule has 6 N–H and O–H groups in total. The Kier molecular flexibility index (Phi) is 7.07. The van der Waals surface area contributed by atoms with E-state index in [-0.39, 0.29) is 29.2 Å². The molecule has 1 aromatic carbocycles. The van der Waals surface area contributed by atoms with Crippen LogP contribution in [-0.2, 0) is 21.5 Å². The summed E-state index contributed by atoms with van der Waals surface area (Å²) >= 11 is 0. The van der Waals surface area contributed by atoms with Crippen LogP contribution in [0.4, 0.5) is 11.6 Å². The van der Waals surface area contributed by atoms with Crippen molar-refractivity contribution in [2.75, 3.05) is 23.4 Å². The number of carbonyl (C=O) groups excluding carboxylic acids is 1. The molecule has 0 saturated heterocycles. The SMILES string of the molecule is CN(Cc1cnc2nc(N)[nH]c(=O)c2n1)c1ccc(C(=O)NC(CCS(=O)(=O)O)C(=O)O)cc1. The Balaban J connectivity index is 1.68. The third-order valence-electron chi connectivity index (χ3n) is 4.72. The van der Waals surface area contributed by atoms with Gasteiger partial charge in [0, 0.05) is 18.3 Å². The van der Waals surface area contributed by atoms with Crippen molar-refractivity contribution in [3.8, 4) is 0 Å². The third kappa shape index (κ3) is 6.23. The number of H-pyrrole nitrogens is 1. The molecule has 0 bridgehead atoms. The number of aromatic nitrogens is 4. The number of anilines is 2. The van der Waals surface area contributed by atoms with Gasteiger partial charge in [-0.25, -0.2) is 14.8 Å². The zero-order valence-electron chi connectivity index (χ0n) is 17.8. The van der Waals surface area contributed by atoms with Crippen molar-refractivity contribution in [2.45, 2.75) is 19.0 Å². The second kappa shape index (κ2) is 9.80. The Morgan fingerprint density at radius 3 is 2.53 bits per heavy atom. The molecule has 180 valence electrons. The zero-order valence-corrected chi connectivity index (χ0v) is 18.6. The van der Waals surface area contributed by atoms with Gasteiger partial charge < -0.3 is 21.1 Å². The molecule has 0 aliphatic rings. The summed E-state index contributed by atoms with van der Waals surface area (Å²) in [6.45, 7) is 0.273. The number of nitrogen functional groups attached to an aromatic ring is 1. The van der Waals surface area contributed by atoms with Crippen molar-refractivity contribution in [3.63, 3.8) is 0 Å². The number of rotatable bonds is 9. The van der Waals surface area contributed by atoms with Gasteiger partial charge in [-0.1, -0.05) is 0 Å². The molecule has 0 aliphatic heterocycles. The summed E-state index contributed by atoms with van der Waals surface area (Å²) in [4.78, 5) is 52.1. The first kappa shape index (κ1) is 24.5. The molecule has 34 heavy (non-hydrogen) atoms. The predicted molar refractivity (Wildman–Crippen MR) is 121 cm³/mol. The number of carboxylic acid groups (broad SMARTS) is 1. The highest BCUT2D eigenvalue weighted by Crippen LogP contribution is 2.16. The lowest BCUT2D eigenvalue weighted by Gasteiger charge is -2.19. The van der Waals surface area contributed by atoms with E-state index in [1.54, 1.807) is 24.1 Å². The number of benzene rings is 1. The summed E-state index contributed by atoms with van der Waals surface area (Å²) < 4.78 is 30.5. The van der Waals surface area contributed by atoms with E-state index in [1.165, 1.54) is 18.3 Å². The Morgan fingerprint density at radius 2 is 1.91 bits per heavy atom. The molecule has 3 aromatic rings. The number of nitrogens with two attached hydrogens (primary N) is 1. The maximum absolute atomic E-state index is 12.4. The number of hydrogen-bond acceptors (Lipinski definition) is 10. The highest BCUT2D eigenvalue weighted by Gasteiger charge is 2.23. The van der Waals surface area contributed by atoms with E-state index >= 15 is 0 Å². The molecule has 1 amide bonds. The van der Waals surface area contributed by atoms with Crippen LogP contribution < -0.4 is 21.5 Å². The normalized spacial score (nSPS) is 12.3. The Bertz CT molecular complexity index is 1390. The van der Waals surface area contributed by atoms with Gasteiger partial charge in [0.05, 0.1) is 24.2 Å².